The molecule has 0 radical (unpaired) electrons. The van der Waals surface area contributed by atoms with Crippen LogP contribution in [0.15, 0.2) is 0 Å². The van der Waals surface area contributed by atoms with Gasteiger partial charge in [-0.1, -0.05) is 0 Å². The SMILES string of the molecule is CSC1CCC(NCC(=O)NC(N)=O)CC1. The summed E-state index contributed by atoms with van der Waals surface area (Å²) in [6, 6.07) is -0.403. The third-order valence-electron chi connectivity index (χ3n) is 2.82. The summed E-state index contributed by atoms with van der Waals surface area (Å²) in [4.78, 5) is 21.5. The predicted molar refractivity (Wildman–Crippen MR) is 65.3 cm³/mol. The van der Waals surface area contributed by atoms with Crippen LogP contribution in [0.25, 0.3) is 0 Å². The summed E-state index contributed by atoms with van der Waals surface area (Å²) in [6.45, 7) is 0.164. The molecule has 1 rings (SSSR count). The van der Waals surface area contributed by atoms with Crippen LogP contribution in [0, 0.1) is 0 Å². The van der Waals surface area contributed by atoms with E-state index in [1.165, 1.54) is 12.8 Å². The molecule has 16 heavy (non-hydrogen) atoms. The van der Waals surface area contributed by atoms with Gasteiger partial charge in [0.05, 0.1) is 6.54 Å². The Kier molecular flexibility index (Phi) is 5.62. The van der Waals surface area contributed by atoms with Crippen molar-refractivity contribution in [1.82, 2.24) is 10.6 Å². The Labute approximate surface area is 99.9 Å². The van der Waals surface area contributed by atoms with Crippen molar-refractivity contribution in [3.63, 3.8) is 0 Å². The lowest BCUT2D eigenvalue weighted by Gasteiger charge is -2.27. The highest BCUT2D eigenvalue weighted by Crippen LogP contribution is 2.26. The lowest BCUT2D eigenvalue weighted by molar-refractivity contribution is -0.119. The number of carbonyl (C=O) groups is 2. The normalized spacial score (nSPS) is 25.1. The number of nitrogens with one attached hydrogen (secondary N) is 2. The van der Waals surface area contributed by atoms with Crippen molar-refractivity contribution in [2.45, 2.75) is 37.0 Å². The Bertz CT molecular complexity index is 252. The van der Waals surface area contributed by atoms with Crippen molar-refractivity contribution in [2.24, 2.45) is 5.73 Å². The third-order valence-corrected chi connectivity index (χ3v) is 3.96. The third kappa shape index (κ3) is 4.85. The fourth-order valence-electron chi connectivity index (χ4n) is 1.92. The van der Waals surface area contributed by atoms with E-state index in [1.54, 1.807) is 0 Å². The van der Waals surface area contributed by atoms with Gasteiger partial charge < -0.3 is 11.1 Å². The molecule has 0 aromatic heterocycles. The quantitative estimate of drug-likeness (QED) is 0.671. The summed E-state index contributed by atoms with van der Waals surface area (Å²) in [5.41, 5.74) is 4.84. The standard InChI is InChI=1S/C10H19N3O2S/c1-16-8-4-2-7(3-5-8)12-6-9(14)13-10(11)15/h7-8,12H,2-6H2,1H3,(H3,11,13,14,15). The highest BCUT2D eigenvalue weighted by molar-refractivity contribution is 7.99. The van der Waals surface area contributed by atoms with Gasteiger partial charge in [-0.3, -0.25) is 10.1 Å². The molecule has 1 saturated carbocycles. The van der Waals surface area contributed by atoms with Crippen LogP contribution >= 0.6 is 11.8 Å². The van der Waals surface area contributed by atoms with E-state index in [1.807, 2.05) is 17.1 Å². The second-order valence-electron chi connectivity index (χ2n) is 4.00. The average molecular weight is 245 g/mol. The fraction of sp³-hybridized carbons (Fsp3) is 0.800. The van der Waals surface area contributed by atoms with Crippen molar-refractivity contribution < 1.29 is 9.59 Å². The smallest absolute Gasteiger partial charge is 0.318 e. The van der Waals surface area contributed by atoms with E-state index in [9.17, 15) is 9.59 Å². The minimum atomic E-state index is -0.794. The van der Waals surface area contributed by atoms with Gasteiger partial charge in [0.25, 0.3) is 0 Å². The highest BCUT2D eigenvalue weighted by Gasteiger charge is 2.20. The second kappa shape index (κ2) is 6.75. The van der Waals surface area contributed by atoms with Crippen LogP contribution in [-0.4, -0.2) is 36.0 Å². The van der Waals surface area contributed by atoms with E-state index in [4.69, 9.17) is 5.73 Å². The van der Waals surface area contributed by atoms with E-state index < -0.39 is 6.03 Å². The second-order valence-corrected chi connectivity index (χ2v) is 5.14. The number of hydrogen-bond donors (Lipinski definition) is 3. The Morgan fingerprint density at radius 3 is 2.44 bits per heavy atom. The van der Waals surface area contributed by atoms with Crippen molar-refractivity contribution in [3.8, 4) is 0 Å². The molecule has 92 valence electrons. The van der Waals surface area contributed by atoms with Gasteiger partial charge in [0.2, 0.25) is 5.91 Å². The summed E-state index contributed by atoms with van der Waals surface area (Å²) < 4.78 is 0. The van der Waals surface area contributed by atoms with Gasteiger partial charge in [0, 0.05) is 11.3 Å². The van der Waals surface area contributed by atoms with E-state index in [2.05, 4.69) is 11.6 Å². The van der Waals surface area contributed by atoms with Crippen LogP contribution in [-0.2, 0) is 4.79 Å². The zero-order valence-corrected chi connectivity index (χ0v) is 10.3. The molecule has 1 aliphatic rings. The lowest BCUT2D eigenvalue weighted by atomic mass is 9.95. The number of imide groups is 1. The molecular formula is C10H19N3O2S. The molecule has 0 bridgehead atoms. The molecule has 0 heterocycles. The molecule has 6 heteroatoms. The van der Waals surface area contributed by atoms with Gasteiger partial charge in [-0.2, -0.15) is 11.8 Å². The minimum absolute atomic E-state index is 0.164. The van der Waals surface area contributed by atoms with E-state index in [0.717, 1.165) is 18.1 Å². The summed E-state index contributed by atoms with van der Waals surface area (Å²) in [5.74, 6) is -0.362. The zero-order chi connectivity index (χ0) is 12.0. The maximum atomic E-state index is 11.1. The minimum Gasteiger partial charge on any atom is -0.351 e. The van der Waals surface area contributed by atoms with Crippen LogP contribution in [0.3, 0.4) is 0 Å². The molecule has 0 spiro atoms. The summed E-state index contributed by atoms with van der Waals surface area (Å²) in [6.07, 6.45) is 6.70. The van der Waals surface area contributed by atoms with Crippen LogP contribution in [0.4, 0.5) is 4.79 Å². The molecule has 0 aromatic rings. The number of carbonyl (C=O) groups excluding carboxylic acids is 2. The van der Waals surface area contributed by atoms with Crippen molar-refractivity contribution >= 4 is 23.7 Å². The molecule has 0 atom stereocenters. The van der Waals surface area contributed by atoms with Crippen LogP contribution < -0.4 is 16.4 Å². The average Bonchev–Trinajstić information content (AvgIpc) is 2.26. The molecule has 0 saturated heterocycles. The molecule has 3 amide bonds. The van der Waals surface area contributed by atoms with Gasteiger partial charge in [0.15, 0.2) is 0 Å². The predicted octanol–water partition coefficient (Wildman–Crippen LogP) is 0.445. The van der Waals surface area contributed by atoms with E-state index >= 15 is 0 Å². The molecule has 1 aliphatic carbocycles. The van der Waals surface area contributed by atoms with Gasteiger partial charge >= 0.3 is 6.03 Å². The summed E-state index contributed by atoms with van der Waals surface area (Å²) >= 11 is 1.91. The molecule has 5 nitrogen and oxygen atoms in total. The zero-order valence-electron chi connectivity index (χ0n) is 9.49. The van der Waals surface area contributed by atoms with Crippen LogP contribution in [0.1, 0.15) is 25.7 Å². The maximum absolute atomic E-state index is 11.1. The van der Waals surface area contributed by atoms with E-state index in [-0.39, 0.29) is 12.5 Å². The molecule has 0 aromatic carbocycles. The summed E-state index contributed by atoms with van der Waals surface area (Å²) in [5, 5.41) is 5.94. The Morgan fingerprint density at radius 1 is 1.31 bits per heavy atom. The maximum Gasteiger partial charge on any atom is 0.318 e. The first-order chi connectivity index (χ1) is 7.61. The van der Waals surface area contributed by atoms with Crippen LogP contribution in [0.5, 0.6) is 0 Å². The molecule has 1 fully saturated rings. The molecule has 0 unspecified atom stereocenters. The Hall–Kier alpha value is -0.750. The van der Waals surface area contributed by atoms with Crippen molar-refractivity contribution in [1.29, 1.82) is 0 Å². The van der Waals surface area contributed by atoms with Gasteiger partial charge in [-0.25, -0.2) is 4.79 Å². The molecular weight excluding hydrogens is 226 g/mol. The number of urea groups is 1. The number of rotatable bonds is 4. The monoisotopic (exact) mass is 245 g/mol. The molecule has 4 N–H and O–H groups in total. The fourth-order valence-corrected chi connectivity index (χ4v) is 2.66. The first-order valence-electron chi connectivity index (χ1n) is 5.47. The Morgan fingerprint density at radius 2 is 1.94 bits per heavy atom. The van der Waals surface area contributed by atoms with Gasteiger partial charge in [-0.05, 0) is 31.9 Å². The number of primary amides is 1. The van der Waals surface area contributed by atoms with Gasteiger partial charge in [0.1, 0.15) is 0 Å². The van der Waals surface area contributed by atoms with Crippen molar-refractivity contribution in [3.05, 3.63) is 0 Å². The van der Waals surface area contributed by atoms with E-state index in [0.29, 0.717) is 6.04 Å². The van der Waals surface area contributed by atoms with Crippen LogP contribution in [0.2, 0.25) is 0 Å². The van der Waals surface area contributed by atoms with Gasteiger partial charge in [-0.15, -0.1) is 0 Å². The number of nitrogens with two attached hydrogens (primary N) is 1. The van der Waals surface area contributed by atoms with Crippen molar-refractivity contribution in [2.75, 3.05) is 12.8 Å². The lowest BCUT2D eigenvalue weighted by Crippen LogP contribution is -2.44. The largest absolute Gasteiger partial charge is 0.351 e. The first kappa shape index (κ1) is 13.3. The Balaban J connectivity index is 2.14. The first-order valence-corrected chi connectivity index (χ1v) is 6.76. The molecule has 0 aliphatic heterocycles. The number of thioether (sulfide) groups is 1. The highest BCUT2D eigenvalue weighted by atomic mass is 32.2. The number of hydrogen-bond acceptors (Lipinski definition) is 4. The topological polar surface area (TPSA) is 84.2 Å². The number of amides is 3. The summed E-state index contributed by atoms with van der Waals surface area (Å²) in [7, 11) is 0.